The maximum absolute atomic E-state index is 13.1. The molecule has 0 unspecified atom stereocenters. The first kappa shape index (κ1) is 19.1. The third kappa shape index (κ3) is 3.44. The van der Waals surface area contributed by atoms with E-state index in [1.54, 1.807) is 17.9 Å². The SMILES string of the molecule is Cc1nc(N2CC3(CCN(c4cncc(-c5nncs5)n4)C3)C2)cc(C(F)(F)F)n1. The Bertz CT molecular complexity index is 1070. The zero-order chi connectivity index (χ0) is 20.9. The molecule has 0 aromatic carbocycles. The van der Waals surface area contributed by atoms with Crippen LogP contribution in [0.4, 0.5) is 24.8 Å². The second-order valence-corrected chi connectivity index (χ2v) is 8.52. The van der Waals surface area contributed by atoms with Crippen LogP contribution in [-0.4, -0.2) is 56.3 Å². The molecule has 1 spiro atoms. The highest BCUT2D eigenvalue weighted by Gasteiger charge is 2.49. The summed E-state index contributed by atoms with van der Waals surface area (Å²) >= 11 is 1.40. The molecule has 5 heterocycles. The topological polar surface area (TPSA) is 83.8 Å². The van der Waals surface area contributed by atoms with Gasteiger partial charge in [-0.3, -0.25) is 4.98 Å². The minimum atomic E-state index is -4.48. The molecule has 156 valence electrons. The maximum Gasteiger partial charge on any atom is 0.433 e. The molecule has 0 aliphatic carbocycles. The van der Waals surface area contributed by atoms with Gasteiger partial charge in [0.1, 0.15) is 34.4 Å². The Morgan fingerprint density at radius 3 is 2.57 bits per heavy atom. The van der Waals surface area contributed by atoms with E-state index in [9.17, 15) is 13.2 Å². The number of nitrogens with zero attached hydrogens (tertiary/aromatic N) is 8. The van der Waals surface area contributed by atoms with Gasteiger partial charge in [0.2, 0.25) is 0 Å². The van der Waals surface area contributed by atoms with E-state index in [0.717, 1.165) is 31.4 Å². The summed E-state index contributed by atoms with van der Waals surface area (Å²) in [5.74, 6) is 1.23. The van der Waals surface area contributed by atoms with Gasteiger partial charge < -0.3 is 9.80 Å². The summed E-state index contributed by atoms with van der Waals surface area (Å²) in [6, 6.07) is 1.03. The highest BCUT2D eigenvalue weighted by Crippen LogP contribution is 2.43. The number of hydrogen-bond donors (Lipinski definition) is 0. The van der Waals surface area contributed by atoms with E-state index in [0.29, 0.717) is 29.6 Å². The molecular weight excluding hydrogens is 417 g/mol. The quantitative estimate of drug-likeness (QED) is 0.622. The van der Waals surface area contributed by atoms with E-state index in [-0.39, 0.29) is 11.2 Å². The van der Waals surface area contributed by atoms with Crippen molar-refractivity contribution >= 4 is 23.0 Å². The summed E-state index contributed by atoms with van der Waals surface area (Å²) < 4.78 is 39.2. The van der Waals surface area contributed by atoms with Crippen molar-refractivity contribution in [1.82, 2.24) is 30.1 Å². The molecule has 2 fully saturated rings. The molecular formula is C18H17F3N8S. The number of anilines is 2. The van der Waals surface area contributed by atoms with Crippen LogP contribution in [0.2, 0.25) is 0 Å². The zero-order valence-electron chi connectivity index (χ0n) is 16.0. The Balaban J connectivity index is 1.29. The molecule has 0 radical (unpaired) electrons. The minimum Gasteiger partial charge on any atom is -0.355 e. The summed E-state index contributed by atoms with van der Waals surface area (Å²) in [5.41, 5.74) is 1.44. The van der Waals surface area contributed by atoms with Crippen LogP contribution in [0.1, 0.15) is 17.9 Å². The van der Waals surface area contributed by atoms with Crippen LogP contribution < -0.4 is 9.80 Å². The van der Waals surface area contributed by atoms with Crippen LogP contribution in [0, 0.1) is 12.3 Å². The number of hydrogen-bond acceptors (Lipinski definition) is 9. The average molecular weight is 434 g/mol. The third-order valence-electron chi connectivity index (χ3n) is 5.45. The lowest BCUT2D eigenvalue weighted by Gasteiger charge is -2.48. The van der Waals surface area contributed by atoms with Gasteiger partial charge in [0.05, 0.1) is 12.4 Å². The maximum atomic E-state index is 13.1. The molecule has 8 nitrogen and oxygen atoms in total. The standard InChI is InChI=1S/C18H17F3N8S/c1-11-24-13(18(19,20)21)4-14(25-11)29-8-17(9-29)2-3-28(7-17)15-6-22-5-12(26-15)16-27-23-10-30-16/h4-6,10H,2-3,7-9H2,1H3. The van der Waals surface area contributed by atoms with Crippen LogP contribution in [0.5, 0.6) is 0 Å². The van der Waals surface area contributed by atoms with Gasteiger partial charge in [0.25, 0.3) is 0 Å². The summed E-state index contributed by atoms with van der Waals surface area (Å²) in [6.45, 7) is 4.38. The first-order valence-electron chi connectivity index (χ1n) is 9.33. The molecule has 5 rings (SSSR count). The van der Waals surface area contributed by atoms with E-state index in [4.69, 9.17) is 0 Å². The third-order valence-corrected chi connectivity index (χ3v) is 6.17. The van der Waals surface area contributed by atoms with Gasteiger partial charge >= 0.3 is 6.18 Å². The number of rotatable bonds is 3. The largest absolute Gasteiger partial charge is 0.433 e. The molecule has 2 saturated heterocycles. The van der Waals surface area contributed by atoms with Gasteiger partial charge in [0.15, 0.2) is 5.01 Å². The molecule has 0 atom stereocenters. The minimum absolute atomic E-state index is 0.0116. The van der Waals surface area contributed by atoms with Gasteiger partial charge in [0, 0.05) is 37.7 Å². The van der Waals surface area contributed by atoms with Crippen LogP contribution >= 0.6 is 11.3 Å². The van der Waals surface area contributed by atoms with E-state index < -0.39 is 11.9 Å². The van der Waals surface area contributed by atoms with E-state index >= 15 is 0 Å². The van der Waals surface area contributed by atoms with E-state index in [1.807, 2.05) is 4.90 Å². The van der Waals surface area contributed by atoms with E-state index in [2.05, 4.69) is 35.0 Å². The highest BCUT2D eigenvalue weighted by molar-refractivity contribution is 7.12. The number of aryl methyl sites for hydroxylation is 1. The van der Waals surface area contributed by atoms with Crippen LogP contribution in [-0.2, 0) is 6.18 Å². The average Bonchev–Trinajstić information content (AvgIpc) is 3.36. The smallest absolute Gasteiger partial charge is 0.355 e. The Morgan fingerprint density at radius 1 is 1.03 bits per heavy atom. The van der Waals surface area contributed by atoms with Crippen molar-refractivity contribution in [2.24, 2.45) is 5.41 Å². The lowest BCUT2D eigenvalue weighted by molar-refractivity contribution is -0.141. The Labute approximate surface area is 173 Å². The van der Waals surface area contributed by atoms with Gasteiger partial charge in [-0.25, -0.2) is 15.0 Å². The lowest BCUT2D eigenvalue weighted by atomic mass is 9.79. The van der Waals surface area contributed by atoms with Gasteiger partial charge in [-0.05, 0) is 13.3 Å². The molecule has 0 saturated carbocycles. The molecule has 30 heavy (non-hydrogen) atoms. The van der Waals surface area contributed by atoms with Gasteiger partial charge in [-0.2, -0.15) is 13.2 Å². The second-order valence-electron chi connectivity index (χ2n) is 7.69. The fraction of sp³-hybridized carbons (Fsp3) is 0.444. The summed E-state index contributed by atoms with van der Waals surface area (Å²) in [7, 11) is 0. The Hall–Kier alpha value is -2.89. The summed E-state index contributed by atoms with van der Waals surface area (Å²) in [4.78, 5) is 20.7. The molecule has 2 aliphatic rings. The van der Waals surface area contributed by atoms with E-state index in [1.165, 1.54) is 18.3 Å². The fourth-order valence-corrected chi connectivity index (χ4v) is 4.58. The zero-order valence-corrected chi connectivity index (χ0v) is 16.8. The molecule has 12 heteroatoms. The Morgan fingerprint density at radius 2 is 1.83 bits per heavy atom. The molecule has 0 N–H and O–H groups in total. The monoisotopic (exact) mass is 434 g/mol. The molecule has 0 amide bonds. The van der Waals surface area contributed by atoms with Crippen LogP contribution in [0.3, 0.4) is 0 Å². The normalized spacial score (nSPS) is 18.1. The Kier molecular flexibility index (Phi) is 4.34. The number of halogens is 3. The number of alkyl halides is 3. The number of aromatic nitrogens is 6. The van der Waals surface area contributed by atoms with Crippen molar-refractivity contribution in [2.45, 2.75) is 19.5 Å². The molecule has 0 bridgehead atoms. The fourth-order valence-electron chi connectivity index (χ4n) is 4.07. The van der Waals surface area contributed by atoms with Crippen molar-refractivity contribution in [3.05, 3.63) is 35.5 Å². The van der Waals surface area contributed by atoms with Crippen molar-refractivity contribution in [3.8, 4) is 10.7 Å². The van der Waals surface area contributed by atoms with Gasteiger partial charge in [-0.1, -0.05) is 11.3 Å². The molecule has 3 aromatic rings. The molecule has 3 aromatic heterocycles. The van der Waals surface area contributed by atoms with Crippen molar-refractivity contribution < 1.29 is 13.2 Å². The highest BCUT2D eigenvalue weighted by atomic mass is 32.1. The van der Waals surface area contributed by atoms with Crippen molar-refractivity contribution in [2.75, 3.05) is 36.0 Å². The van der Waals surface area contributed by atoms with Crippen molar-refractivity contribution in [3.63, 3.8) is 0 Å². The first-order valence-corrected chi connectivity index (χ1v) is 10.2. The van der Waals surface area contributed by atoms with Crippen molar-refractivity contribution in [1.29, 1.82) is 0 Å². The predicted molar refractivity (Wildman–Crippen MR) is 104 cm³/mol. The summed E-state index contributed by atoms with van der Waals surface area (Å²) in [5, 5.41) is 8.59. The van der Waals surface area contributed by atoms with Crippen LogP contribution in [0.15, 0.2) is 24.0 Å². The second kappa shape index (κ2) is 6.83. The molecule has 2 aliphatic heterocycles. The predicted octanol–water partition coefficient (Wildman–Crippen LogP) is 2.83. The lowest BCUT2D eigenvalue weighted by Crippen LogP contribution is -2.58. The summed E-state index contributed by atoms with van der Waals surface area (Å²) in [6.07, 6.45) is -0.157. The first-order chi connectivity index (χ1) is 14.3. The van der Waals surface area contributed by atoms with Gasteiger partial charge in [-0.15, -0.1) is 10.2 Å². The van der Waals surface area contributed by atoms with Crippen LogP contribution in [0.25, 0.3) is 10.7 Å².